The highest BCUT2D eigenvalue weighted by molar-refractivity contribution is 5.83. The van der Waals surface area contributed by atoms with Gasteiger partial charge in [-0.05, 0) is 17.5 Å². The average molecular weight is 359 g/mol. The lowest BCUT2D eigenvalue weighted by molar-refractivity contribution is -0.145. The summed E-state index contributed by atoms with van der Waals surface area (Å²) < 4.78 is 7.35. The Hall–Kier alpha value is -1.93. The molecule has 2 aromatic rings. The largest absolute Gasteiger partial charge is 0.389 e. The van der Waals surface area contributed by atoms with E-state index in [0.29, 0.717) is 39.3 Å². The normalized spacial score (nSPS) is 27.8. The van der Waals surface area contributed by atoms with Gasteiger partial charge in [-0.3, -0.25) is 9.69 Å². The predicted molar refractivity (Wildman–Crippen MR) is 96.7 cm³/mol. The van der Waals surface area contributed by atoms with Crippen LogP contribution in [0.3, 0.4) is 0 Å². The number of rotatable bonds is 3. The van der Waals surface area contributed by atoms with E-state index in [1.165, 1.54) is 0 Å². The molecule has 1 amide bonds. The molecule has 2 fully saturated rings. The molecule has 7 heteroatoms. The number of benzene rings is 1. The van der Waals surface area contributed by atoms with Gasteiger partial charge in [-0.2, -0.15) is 0 Å². The van der Waals surface area contributed by atoms with Crippen molar-refractivity contribution >= 4 is 16.8 Å². The number of ether oxygens (including phenoxy) is 1. The molecular formula is C19H25N3O4. The van der Waals surface area contributed by atoms with Crippen LogP contribution in [0.4, 0.5) is 0 Å². The Kier molecular flexibility index (Phi) is 4.95. The molecular weight excluding hydrogens is 334 g/mol. The van der Waals surface area contributed by atoms with E-state index in [1.54, 1.807) is 0 Å². The van der Waals surface area contributed by atoms with E-state index in [4.69, 9.17) is 4.74 Å². The van der Waals surface area contributed by atoms with Gasteiger partial charge >= 0.3 is 0 Å². The molecule has 0 unspecified atom stereocenters. The molecule has 3 atom stereocenters. The van der Waals surface area contributed by atoms with Crippen LogP contribution in [0, 0.1) is 0 Å². The maximum atomic E-state index is 12.7. The van der Waals surface area contributed by atoms with E-state index in [0.717, 1.165) is 10.9 Å². The van der Waals surface area contributed by atoms with Gasteiger partial charge in [0.05, 0.1) is 25.4 Å². The number of carbonyl (C=O) groups excluding carboxylic acids is 1. The summed E-state index contributed by atoms with van der Waals surface area (Å²) in [5.41, 5.74) is 1.07. The Balaban J connectivity index is 1.35. The quantitative estimate of drug-likeness (QED) is 0.801. The van der Waals surface area contributed by atoms with Crippen molar-refractivity contribution in [3.05, 3.63) is 36.5 Å². The summed E-state index contributed by atoms with van der Waals surface area (Å²) in [5.74, 6) is 0.103. The molecule has 0 saturated carbocycles. The fourth-order valence-corrected chi connectivity index (χ4v) is 3.91. The molecule has 1 aromatic carbocycles. The molecule has 0 bridgehead atoms. The van der Waals surface area contributed by atoms with Gasteiger partial charge in [0.2, 0.25) is 5.91 Å². The minimum atomic E-state index is -0.838. The number of carbonyl (C=O) groups is 1. The average Bonchev–Trinajstić information content (AvgIpc) is 3.07. The van der Waals surface area contributed by atoms with E-state index in [2.05, 4.69) is 4.90 Å². The summed E-state index contributed by atoms with van der Waals surface area (Å²) in [6.07, 6.45) is 0.323. The van der Waals surface area contributed by atoms with Gasteiger partial charge < -0.3 is 24.4 Å². The predicted octanol–water partition coefficient (Wildman–Crippen LogP) is -0.0939. The second kappa shape index (κ2) is 7.36. The Morgan fingerprint density at radius 1 is 1.08 bits per heavy atom. The number of hydrogen-bond donors (Lipinski definition) is 2. The molecule has 26 heavy (non-hydrogen) atoms. The number of aliphatic hydroxyl groups is 2. The van der Waals surface area contributed by atoms with Crippen molar-refractivity contribution in [1.29, 1.82) is 0 Å². The summed E-state index contributed by atoms with van der Waals surface area (Å²) in [5, 5.41) is 21.1. The lowest BCUT2D eigenvalue weighted by atomic mass is 10.0. The first-order chi connectivity index (χ1) is 12.6. The lowest BCUT2D eigenvalue weighted by Crippen LogP contribution is -2.61. The van der Waals surface area contributed by atoms with Crippen LogP contribution in [0.15, 0.2) is 36.5 Å². The minimum Gasteiger partial charge on any atom is -0.389 e. The third-order valence-corrected chi connectivity index (χ3v) is 5.49. The highest BCUT2D eigenvalue weighted by Crippen LogP contribution is 2.18. The van der Waals surface area contributed by atoms with Gasteiger partial charge in [-0.15, -0.1) is 0 Å². The van der Waals surface area contributed by atoms with Crippen molar-refractivity contribution < 1.29 is 19.7 Å². The molecule has 4 rings (SSSR count). The second-order valence-electron chi connectivity index (χ2n) is 7.08. The Labute approximate surface area is 152 Å². The molecule has 7 nitrogen and oxygen atoms in total. The molecule has 2 aliphatic rings. The molecule has 140 valence electrons. The molecule has 3 heterocycles. The van der Waals surface area contributed by atoms with Crippen molar-refractivity contribution in [1.82, 2.24) is 14.4 Å². The zero-order chi connectivity index (χ0) is 18.1. The highest BCUT2D eigenvalue weighted by atomic mass is 16.5. The van der Waals surface area contributed by atoms with Crippen LogP contribution in [0.5, 0.6) is 0 Å². The second-order valence-corrected chi connectivity index (χ2v) is 7.08. The number of aromatic nitrogens is 1. The van der Waals surface area contributed by atoms with E-state index in [9.17, 15) is 15.0 Å². The molecule has 1 aromatic heterocycles. The third-order valence-electron chi connectivity index (χ3n) is 5.49. The van der Waals surface area contributed by atoms with Gasteiger partial charge in [0.15, 0.2) is 0 Å². The SMILES string of the molecule is O=C(Cn1ccc2ccccc21)N1CCN([C@@H]2COC[C@@H](O)[C@H]2O)CC1. The summed E-state index contributed by atoms with van der Waals surface area (Å²) in [4.78, 5) is 16.7. The number of piperazine rings is 1. The van der Waals surface area contributed by atoms with E-state index in [-0.39, 0.29) is 18.6 Å². The van der Waals surface area contributed by atoms with Crippen LogP contribution < -0.4 is 0 Å². The number of hydrogen-bond acceptors (Lipinski definition) is 5. The van der Waals surface area contributed by atoms with Gasteiger partial charge in [0, 0.05) is 37.9 Å². The van der Waals surface area contributed by atoms with Gasteiger partial charge in [-0.1, -0.05) is 18.2 Å². The van der Waals surface area contributed by atoms with Gasteiger partial charge in [-0.25, -0.2) is 0 Å². The molecule has 2 saturated heterocycles. The molecule has 0 aliphatic carbocycles. The standard InChI is InChI=1S/C19H25N3O4/c23-17-13-26-12-16(19(17)25)20-7-9-21(10-8-20)18(24)11-22-6-5-14-3-1-2-4-15(14)22/h1-6,16-17,19,23,25H,7-13H2/t16-,17-,19+/m1/s1. The van der Waals surface area contributed by atoms with Gasteiger partial charge in [0.25, 0.3) is 0 Å². The number of para-hydroxylation sites is 1. The summed E-state index contributed by atoms with van der Waals surface area (Å²) in [7, 11) is 0. The molecule has 2 N–H and O–H groups in total. The van der Waals surface area contributed by atoms with Crippen LogP contribution >= 0.6 is 0 Å². The minimum absolute atomic E-state index is 0.103. The fraction of sp³-hybridized carbons (Fsp3) is 0.526. The van der Waals surface area contributed by atoms with Crippen molar-refractivity contribution in [2.45, 2.75) is 24.8 Å². The van der Waals surface area contributed by atoms with E-state index >= 15 is 0 Å². The first-order valence-corrected chi connectivity index (χ1v) is 9.13. The summed E-state index contributed by atoms with van der Waals surface area (Å²) in [6, 6.07) is 9.86. The molecule has 2 aliphatic heterocycles. The maximum Gasteiger partial charge on any atom is 0.242 e. The van der Waals surface area contributed by atoms with Crippen LogP contribution in [-0.2, 0) is 16.1 Å². The molecule has 0 radical (unpaired) electrons. The summed E-state index contributed by atoms with van der Waals surface area (Å²) in [6.45, 7) is 3.53. The van der Waals surface area contributed by atoms with Crippen LogP contribution in [0.2, 0.25) is 0 Å². The van der Waals surface area contributed by atoms with Crippen molar-refractivity contribution in [2.75, 3.05) is 39.4 Å². The zero-order valence-electron chi connectivity index (χ0n) is 14.7. The first kappa shape index (κ1) is 17.5. The summed E-state index contributed by atoms with van der Waals surface area (Å²) >= 11 is 0. The topological polar surface area (TPSA) is 78.2 Å². The smallest absolute Gasteiger partial charge is 0.242 e. The maximum absolute atomic E-state index is 12.7. The van der Waals surface area contributed by atoms with Crippen molar-refractivity contribution in [2.24, 2.45) is 0 Å². The van der Waals surface area contributed by atoms with E-state index < -0.39 is 12.2 Å². The number of nitrogens with zero attached hydrogens (tertiary/aromatic N) is 3. The molecule has 0 spiro atoms. The Morgan fingerprint density at radius 3 is 2.65 bits per heavy atom. The van der Waals surface area contributed by atoms with Crippen LogP contribution in [0.25, 0.3) is 10.9 Å². The Morgan fingerprint density at radius 2 is 1.85 bits per heavy atom. The fourth-order valence-electron chi connectivity index (χ4n) is 3.91. The lowest BCUT2D eigenvalue weighted by Gasteiger charge is -2.43. The number of aliphatic hydroxyl groups excluding tert-OH is 2. The number of fused-ring (bicyclic) bond motifs is 1. The Bertz CT molecular complexity index is 769. The van der Waals surface area contributed by atoms with Crippen LogP contribution in [0.1, 0.15) is 0 Å². The number of amides is 1. The monoisotopic (exact) mass is 359 g/mol. The third kappa shape index (κ3) is 3.35. The highest BCUT2D eigenvalue weighted by Gasteiger charge is 2.37. The zero-order valence-corrected chi connectivity index (χ0v) is 14.7. The van der Waals surface area contributed by atoms with Crippen molar-refractivity contribution in [3.8, 4) is 0 Å². The van der Waals surface area contributed by atoms with Gasteiger partial charge in [0.1, 0.15) is 12.6 Å². The van der Waals surface area contributed by atoms with Crippen molar-refractivity contribution in [3.63, 3.8) is 0 Å². The van der Waals surface area contributed by atoms with E-state index in [1.807, 2.05) is 46.0 Å². The van der Waals surface area contributed by atoms with Crippen LogP contribution in [-0.4, -0.2) is 88.1 Å². The first-order valence-electron chi connectivity index (χ1n) is 9.13.